The number of carbonyl (C=O) groups is 1. The van der Waals surface area contributed by atoms with Gasteiger partial charge in [0.25, 0.3) is 0 Å². The van der Waals surface area contributed by atoms with Crippen LogP contribution in [0.15, 0.2) is 6.33 Å². The van der Waals surface area contributed by atoms with E-state index in [-0.39, 0.29) is 11.8 Å². The quantitative estimate of drug-likeness (QED) is 0.644. The summed E-state index contributed by atoms with van der Waals surface area (Å²) in [6.07, 6.45) is 10.6. The number of aryl methyl sites for hydroxylation is 2. The molecular weight excluding hydrogens is 402 g/mol. The van der Waals surface area contributed by atoms with E-state index < -0.39 is 0 Å². The smallest absolute Gasteiger partial charge is 0.224 e. The zero-order valence-electron chi connectivity index (χ0n) is 19.9. The average molecular weight is 442 g/mol. The largest absolute Gasteiger partial charge is 0.355 e. The zero-order valence-corrected chi connectivity index (χ0v) is 19.9. The molecule has 8 heteroatoms. The van der Waals surface area contributed by atoms with E-state index in [2.05, 4.69) is 43.5 Å². The third-order valence-corrected chi connectivity index (χ3v) is 6.97. The number of nitrogens with zero attached hydrogens (tertiary/aromatic N) is 6. The molecule has 4 rings (SSSR count). The van der Waals surface area contributed by atoms with Crippen molar-refractivity contribution in [2.45, 2.75) is 71.8 Å². The molecule has 1 atom stereocenters. The number of piperidine rings is 1. The summed E-state index contributed by atoms with van der Waals surface area (Å²) in [7, 11) is 0. The van der Waals surface area contributed by atoms with Crippen LogP contribution in [-0.2, 0) is 17.8 Å². The minimum Gasteiger partial charge on any atom is -0.355 e. The topological polar surface area (TPSA) is 79.2 Å². The van der Waals surface area contributed by atoms with Crippen molar-refractivity contribution in [1.82, 2.24) is 29.7 Å². The SMILES string of the molecule is CCCCN(CC)CCNC(=O)C1CCCN(c2ncnc3c2nc2n3CCCCC2)C1. The second-order valence-electron chi connectivity index (χ2n) is 9.22. The number of hydrogen-bond acceptors (Lipinski definition) is 6. The van der Waals surface area contributed by atoms with E-state index in [0.717, 1.165) is 81.3 Å². The standard InChI is InChI=1S/C24H39N7O/c1-3-5-13-29(4-2)16-12-25-24(32)19-10-9-14-30(17-19)22-21-23(27-18-26-22)31-15-8-6-7-11-20(31)28-21/h18-19H,3-17H2,1-2H3,(H,25,32). The predicted octanol–water partition coefficient (Wildman–Crippen LogP) is 3.01. The van der Waals surface area contributed by atoms with Gasteiger partial charge in [-0.1, -0.05) is 26.7 Å². The molecule has 176 valence electrons. The second-order valence-corrected chi connectivity index (χ2v) is 9.22. The van der Waals surface area contributed by atoms with Crippen LogP contribution in [0.1, 0.15) is 64.6 Å². The number of hydrogen-bond donors (Lipinski definition) is 1. The van der Waals surface area contributed by atoms with Crippen LogP contribution in [0.5, 0.6) is 0 Å². The summed E-state index contributed by atoms with van der Waals surface area (Å²) in [5.41, 5.74) is 1.85. The van der Waals surface area contributed by atoms with E-state index in [0.29, 0.717) is 6.54 Å². The van der Waals surface area contributed by atoms with Gasteiger partial charge in [-0.2, -0.15) is 0 Å². The van der Waals surface area contributed by atoms with Crippen molar-refractivity contribution >= 4 is 22.9 Å². The average Bonchev–Trinajstić information content (AvgIpc) is 3.02. The number of aromatic nitrogens is 4. The highest BCUT2D eigenvalue weighted by molar-refractivity contribution is 5.85. The van der Waals surface area contributed by atoms with Crippen LogP contribution in [0.4, 0.5) is 5.82 Å². The Balaban J connectivity index is 1.40. The van der Waals surface area contributed by atoms with Crippen LogP contribution in [0.25, 0.3) is 11.2 Å². The Kier molecular flexibility index (Phi) is 7.95. The number of unbranched alkanes of at least 4 members (excludes halogenated alkanes) is 1. The fourth-order valence-electron chi connectivity index (χ4n) is 5.03. The Bertz CT molecular complexity index is 896. The third-order valence-electron chi connectivity index (χ3n) is 6.97. The summed E-state index contributed by atoms with van der Waals surface area (Å²) in [5, 5.41) is 3.19. The van der Waals surface area contributed by atoms with E-state index in [1.54, 1.807) is 6.33 Å². The number of carbonyl (C=O) groups excluding carboxylic acids is 1. The maximum absolute atomic E-state index is 12.9. The number of nitrogens with one attached hydrogen (secondary N) is 1. The highest BCUT2D eigenvalue weighted by atomic mass is 16.1. The number of amides is 1. The maximum atomic E-state index is 12.9. The number of imidazole rings is 1. The first kappa shape index (κ1) is 23.0. The van der Waals surface area contributed by atoms with Gasteiger partial charge in [0.15, 0.2) is 17.0 Å². The monoisotopic (exact) mass is 441 g/mol. The Morgan fingerprint density at radius 1 is 1.16 bits per heavy atom. The molecule has 32 heavy (non-hydrogen) atoms. The number of rotatable bonds is 9. The highest BCUT2D eigenvalue weighted by Crippen LogP contribution is 2.29. The molecule has 0 aromatic carbocycles. The molecule has 0 saturated carbocycles. The van der Waals surface area contributed by atoms with E-state index in [9.17, 15) is 4.79 Å². The number of anilines is 1. The van der Waals surface area contributed by atoms with Gasteiger partial charge in [0.05, 0.1) is 5.92 Å². The summed E-state index contributed by atoms with van der Waals surface area (Å²) < 4.78 is 2.28. The lowest BCUT2D eigenvalue weighted by Crippen LogP contribution is -2.45. The molecule has 2 aliphatic rings. The van der Waals surface area contributed by atoms with Gasteiger partial charge in [-0.25, -0.2) is 15.0 Å². The first-order chi connectivity index (χ1) is 15.7. The van der Waals surface area contributed by atoms with Crippen LogP contribution < -0.4 is 10.2 Å². The molecule has 2 aromatic rings. The van der Waals surface area contributed by atoms with Crippen LogP contribution in [-0.4, -0.2) is 69.6 Å². The lowest BCUT2D eigenvalue weighted by molar-refractivity contribution is -0.125. The first-order valence-electron chi connectivity index (χ1n) is 12.7. The summed E-state index contributed by atoms with van der Waals surface area (Å²) >= 11 is 0. The van der Waals surface area contributed by atoms with Crippen molar-refractivity contribution in [1.29, 1.82) is 0 Å². The molecule has 1 saturated heterocycles. The Hall–Kier alpha value is -2.22. The third kappa shape index (κ3) is 5.22. The lowest BCUT2D eigenvalue weighted by atomic mass is 9.97. The molecule has 1 amide bonds. The molecule has 0 aliphatic carbocycles. The van der Waals surface area contributed by atoms with Crippen molar-refractivity contribution < 1.29 is 4.79 Å². The van der Waals surface area contributed by atoms with Gasteiger partial charge in [-0.15, -0.1) is 0 Å². The van der Waals surface area contributed by atoms with Crippen LogP contribution in [0.3, 0.4) is 0 Å². The molecule has 0 bridgehead atoms. The minimum absolute atomic E-state index is 0.0000709. The van der Waals surface area contributed by atoms with Crippen molar-refractivity contribution in [3.63, 3.8) is 0 Å². The molecule has 2 aromatic heterocycles. The summed E-state index contributed by atoms with van der Waals surface area (Å²) in [6.45, 7) is 10.8. The van der Waals surface area contributed by atoms with Gasteiger partial charge in [-0.05, 0) is 45.2 Å². The summed E-state index contributed by atoms with van der Waals surface area (Å²) in [4.78, 5) is 31.7. The van der Waals surface area contributed by atoms with Gasteiger partial charge in [0.1, 0.15) is 12.2 Å². The van der Waals surface area contributed by atoms with Crippen LogP contribution in [0, 0.1) is 5.92 Å². The van der Waals surface area contributed by atoms with Gasteiger partial charge < -0.3 is 19.7 Å². The molecule has 1 N–H and O–H groups in total. The molecule has 2 aliphatic heterocycles. The van der Waals surface area contributed by atoms with E-state index in [1.807, 2.05) is 0 Å². The van der Waals surface area contributed by atoms with E-state index in [1.165, 1.54) is 32.1 Å². The zero-order chi connectivity index (χ0) is 22.3. The van der Waals surface area contributed by atoms with Crippen LogP contribution in [0.2, 0.25) is 0 Å². The predicted molar refractivity (Wildman–Crippen MR) is 128 cm³/mol. The van der Waals surface area contributed by atoms with E-state index in [4.69, 9.17) is 4.98 Å². The van der Waals surface area contributed by atoms with Gasteiger partial charge >= 0.3 is 0 Å². The van der Waals surface area contributed by atoms with Crippen LogP contribution >= 0.6 is 0 Å². The van der Waals surface area contributed by atoms with Gasteiger partial charge in [0, 0.05) is 39.1 Å². The van der Waals surface area contributed by atoms with Crippen molar-refractivity contribution in [2.24, 2.45) is 5.92 Å². The lowest BCUT2D eigenvalue weighted by Gasteiger charge is -2.33. The Morgan fingerprint density at radius 3 is 2.91 bits per heavy atom. The molecular formula is C24H39N7O. The van der Waals surface area contributed by atoms with Gasteiger partial charge in [0.2, 0.25) is 5.91 Å². The number of fused-ring (bicyclic) bond motifs is 3. The molecule has 4 heterocycles. The molecule has 8 nitrogen and oxygen atoms in total. The summed E-state index contributed by atoms with van der Waals surface area (Å²) in [5.74, 6) is 2.20. The molecule has 0 spiro atoms. The molecule has 0 radical (unpaired) electrons. The van der Waals surface area contributed by atoms with Crippen molar-refractivity contribution in [2.75, 3.05) is 44.2 Å². The molecule has 1 fully saturated rings. The highest BCUT2D eigenvalue weighted by Gasteiger charge is 2.29. The first-order valence-corrected chi connectivity index (χ1v) is 12.7. The van der Waals surface area contributed by atoms with Crippen molar-refractivity contribution in [3.05, 3.63) is 12.2 Å². The van der Waals surface area contributed by atoms with Crippen molar-refractivity contribution in [3.8, 4) is 0 Å². The van der Waals surface area contributed by atoms with Gasteiger partial charge in [-0.3, -0.25) is 4.79 Å². The van der Waals surface area contributed by atoms with E-state index >= 15 is 0 Å². The Morgan fingerprint density at radius 2 is 2.06 bits per heavy atom. The maximum Gasteiger partial charge on any atom is 0.224 e. The molecule has 1 unspecified atom stereocenters. The normalized spacial score (nSPS) is 19.2. The number of likely N-dealkylation sites (N-methyl/N-ethyl adjacent to an activating group) is 1. The second kappa shape index (κ2) is 11.1. The fourth-order valence-corrected chi connectivity index (χ4v) is 5.03. The summed E-state index contributed by atoms with van der Waals surface area (Å²) in [6, 6.07) is 0. The Labute approximate surface area is 191 Å². The minimum atomic E-state index is -0.0000709. The fraction of sp³-hybridized carbons (Fsp3) is 0.750.